The summed E-state index contributed by atoms with van der Waals surface area (Å²) in [4.78, 5) is 4.14. The first-order chi connectivity index (χ1) is 8.28. The largest absolute Gasteiger partial charge is 0.481 e. The summed E-state index contributed by atoms with van der Waals surface area (Å²) in [7, 11) is 1.61. The number of benzene rings is 1. The van der Waals surface area contributed by atoms with Gasteiger partial charge in [0.05, 0.1) is 19.0 Å². The number of hydrogen-bond acceptors (Lipinski definition) is 3. The first kappa shape index (κ1) is 12.2. The third-order valence-corrected chi connectivity index (χ3v) is 3.07. The van der Waals surface area contributed by atoms with E-state index in [1.165, 1.54) is 9.13 Å². The predicted octanol–water partition coefficient (Wildman–Crippen LogP) is 3.31. The lowest BCUT2D eigenvalue weighted by molar-refractivity contribution is 0.398. The Morgan fingerprint density at radius 1 is 1.18 bits per heavy atom. The van der Waals surface area contributed by atoms with Gasteiger partial charge in [-0.15, -0.1) is 0 Å². The fraction of sp³-hybridized carbons (Fsp3) is 0.154. The van der Waals surface area contributed by atoms with Crippen molar-refractivity contribution in [1.29, 1.82) is 0 Å². The molecule has 0 spiro atoms. The number of nitrogens with one attached hydrogen (secondary N) is 1. The van der Waals surface area contributed by atoms with Gasteiger partial charge < -0.3 is 10.1 Å². The van der Waals surface area contributed by atoms with Gasteiger partial charge in [-0.1, -0.05) is 12.1 Å². The van der Waals surface area contributed by atoms with Gasteiger partial charge in [0.15, 0.2) is 0 Å². The highest BCUT2D eigenvalue weighted by atomic mass is 127. The summed E-state index contributed by atoms with van der Waals surface area (Å²) in [6.45, 7) is 0.797. The number of methoxy groups -OCH3 is 1. The second-order valence-corrected chi connectivity index (χ2v) is 4.81. The minimum atomic E-state index is 0.629. The second-order valence-electron chi connectivity index (χ2n) is 3.57. The minimum Gasteiger partial charge on any atom is -0.481 e. The Bertz CT molecular complexity index is 468. The van der Waals surface area contributed by atoms with E-state index in [9.17, 15) is 0 Å². The molecule has 0 atom stereocenters. The number of pyridine rings is 1. The van der Waals surface area contributed by atoms with E-state index in [1.54, 1.807) is 13.3 Å². The lowest BCUT2D eigenvalue weighted by Crippen LogP contribution is -1.99. The van der Waals surface area contributed by atoms with E-state index in [4.69, 9.17) is 4.74 Å². The van der Waals surface area contributed by atoms with Gasteiger partial charge in [0.1, 0.15) is 0 Å². The summed E-state index contributed by atoms with van der Waals surface area (Å²) in [5.74, 6) is 0.629. The zero-order chi connectivity index (χ0) is 12.1. The van der Waals surface area contributed by atoms with Gasteiger partial charge in [-0.05, 0) is 46.4 Å². The third-order valence-electron chi connectivity index (χ3n) is 2.36. The van der Waals surface area contributed by atoms with Crippen molar-refractivity contribution in [2.75, 3.05) is 12.4 Å². The fourth-order valence-corrected chi connectivity index (χ4v) is 1.77. The van der Waals surface area contributed by atoms with Crippen LogP contribution in [0.3, 0.4) is 0 Å². The second kappa shape index (κ2) is 5.86. The molecule has 0 aliphatic carbocycles. The van der Waals surface area contributed by atoms with E-state index in [0.29, 0.717) is 5.88 Å². The molecule has 1 N–H and O–H groups in total. The van der Waals surface area contributed by atoms with E-state index in [-0.39, 0.29) is 0 Å². The molecule has 0 fully saturated rings. The van der Waals surface area contributed by atoms with Crippen LogP contribution in [0.4, 0.5) is 5.69 Å². The summed E-state index contributed by atoms with van der Waals surface area (Å²) in [6, 6.07) is 12.2. The quantitative estimate of drug-likeness (QED) is 0.868. The monoisotopic (exact) mass is 340 g/mol. The Balaban J connectivity index is 1.95. The predicted molar refractivity (Wildman–Crippen MR) is 77.3 cm³/mol. The number of hydrogen-bond donors (Lipinski definition) is 1. The van der Waals surface area contributed by atoms with Crippen molar-refractivity contribution < 1.29 is 4.74 Å². The topological polar surface area (TPSA) is 34.1 Å². The lowest BCUT2D eigenvalue weighted by atomic mass is 10.2. The minimum absolute atomic E-state index is 0.629. The summed E-state index contributed by atoms with van der Waals surface area (Å²) in [6.07, 6.45) is 1.77. The van der Waals surface area contributed by atoms with Gasteiger partial charge in [0.2, 0.25) is 5.88 Å². The van der Waals surface area contributed by atoms with Crippen molar-refractivity contribution in [2.24, 2.45) is 0 Å². The summed E-state index contributed by atoms with van der Waals surface area (Å²) < 4.78 is 6.25. The van der Waals surface area contributed by atoms with E-state index in [0.717, 1.165) is 12.2 Å². The molecule has 0 aliphatic heterocycles. The molecule has 0 bridgehead atoms. The molecular formula is C13H13IN2O. The smallest absolute Gasteiger partial charge is 0.213 e. The van der Waals surface area contributed by atoms with Gasteiger partial charge in [-0.2, -0.15) is 0 Å². The van der Waals surface area contributed by atoms with Crippen molar-refractivity contribution in [3.05, 3.63) is 51.7 Å². The van der Waals surface area contributed by atoms with E-state index in [1.807, 2.05) is 12.1 Å². The number of ether oxygens (including phenoxy) is 1. The van der Waals surface area contributed by atoms with Crippen LogP contribution in [-0.4, -0.2) is 12.1 Å². The van der Waals surface area contributed by atoms with Crippen molar-refractivity contribution >= 4 is 28.3 Å². The van der Waals surface area contributed by atoms with E-state index in [2.05, 4.69) is 57.2 Å². The molecular weight excluding hydrogens is 327 g/mol. The molecule has 1 aromatic carbocycles. The van der Waals surface area contributed by atoms with Crippen molar-refractivity contribution in [3.8, 4) is 5.88 Å². The van der Waals surface area contributed by atoms with Crippen LogP contribution in [0.25, 0.3) is 0 Å². The third kappa shape index (κ3) is 3.59. The molecule has 0 saturated carbocycles. The maximum Gasteiger partial charge on any atom is 0.213 e. The number of nitrogens with zero attached hydrogens (tertiary/aromatic N) is 1. The Labute approximate surface area is 114 Å². The lowest BCUT2D eigenvalue weighted by Gasteiger charge is -2.06. The average molecular weight is 340 g/mol. The highest BCUT2D eigenvalue weighted by Crippen LogP contribution is 2.13. The average Bonchev–Trinajstić information content (AvgIpc) is 2.39. The zero-order valence-electron chi connectivity index (χ0n) is 9.48. The van der Waals surface area contributed by atoms with Gasteiger partial charge in [0.25, 0.3) is 0 Å². The maximum absolute atomic E-state index is 5.01. The molecule has 0 unspecified atom stereocenters. The number of rotatable bonds is 4. The van der Waals surface area contributed by atoms with Crippen LogP contribution < -0.4 is 10.1 Å². The van der Waals surface area contributed by atoms with Crippen molar-refractivity contribution in [1.82, 2.24) is 4.98 Å². The summed E-state index contributed by atoms with van der Waals surface area (Å²) in [5.41, 5.74) is 2.24. The zero-order valence-corrected chi connectivity index (χ0v) is 11.6. The molecule has 1 heterocycles. The van der Waals surface area contributed by atoms with Gasteiger partial charge in [-0.25, -0.2) is 4.98 Å². The van der Waals surface area contributed by atoms with Crippen LogP contribution in [0.1, 0.15) is 5.56 Å². The number of aromatic nitrogens is 1. The van der Waals surface area contributed by atoms with Crippen LogP contribution in [-0.2, 0) is 6.54 Å². The molecule has 0 radical (unpaired) electrons. The van der Waals surface area contributed by atoms with E-state index < -0.39 is 0 Å². The summed E-state index contributed by atoms with van der Waals surface area (Å²) >= 11 is 2.30. The Morgan fingerprint density at radius 3 is 2.53 bits per heavy atom. The SMILES string of the molecule is COc1ccc(NCc2ccc(I)cc2)cn1. The first-order valence-corrected chi connectivity index (χ1v) is 6.34. The molecule has 0 aliphatic rings. The number of halogens is 1. The molecule has 0 amide bonds. The molecule has 1 aromatic heterocycles. The van der Waals surface area contributed by atoms with Crippen LogP contribution >= 0.6 is 22.6 Å². The molecule has 4 heteroatoms. The Hall–Kier alpha value is -1.30. The highest BCUT2D eigenvalue weighted by molar-refractivity contribution is 14.1. The van der Waals surface area contributed by atoms with Crippen LogP contribution in [0.15, 0.2) is 42.6 Å². The molecule has 2 rings (SSSR count). The molecule has 2 aromatic rings. The molecule has 0 saturated heterocycles. The summed E-state index contributed by atoms with van der Waals surface area (Å²) in [5, 5.41) is 3.31. The van der Waals surface area contributed by atoms with Crippen LogP contribution in [0, 0.1) is 3.57 Å². The van der Waals surface area contributed by atoms with Gasteiger partial charge in [0, 0.05) is 16.2 Å². The van der Waals surface area contributed by atoms with E-state index >= 15 is 0 Å². The molecule has 3 nitrogen and oxygen atoms in total. The highest BCUT2D eigenvalue weighted by Gasteiger charge is 1.96. The molecule has 88 valence electrons. The number of anilines is 1. The Morgan fingerprint density at radius 2 is 1.94 bits per heavy atom. The maximum atomic E-state index is 5.01. The van der Waals surface area contributed by atoms with Gasteiger partial charge in [-0.3, -0.25) is 0 Å². The standard InChI is InChI=1S/C13H13IN2O/c1-17-13-7-6-12(9-16-13)15-8-10-2-4-11(14)5-3-10/h2-7,9,15H,8H2,1H3. The van der Waals surface area contributed by atoms with Crippen LogP contribution in [0.5, 0.6) is 5.88 Å². The Kier molecular flexibility index (Phi) is 4.19. The van der Waals surface area contributed by atoms with Gasteiger partial charge >= 0.3 is 0 Å². The normalized spacial score (nSPS) is 10.0. The van der Waals surface area contributed by atoms with Crippen molar-refractivity contribution in [3.63, 3.8) is 0 Å². The molecule has 17 heavy (non-hydrogen) atoms. The first-order valence-electron chi connectivity index (χ1n) is 5.26. The van der Waals surface area contributed by atoms with Crippen molar-refractivity contribution in [2.45, 2.75) is 6.54 Å². The fourth-order valence-electron chi connectivity index (χ4n) is 1.41. The van der Waals surface area contributed by atoms with Crippen LogP contribution in [0.2, 0.25) is 0 Å².